The van der Waals surface area contributed by atoms with Crippen molar-refractivity contribution in [2.75, 3.05) is 7.11 Å². The van der Waals surface area contributed by atoms with Crippen molar-refractivity contribution in [3.8, 4) is 28.4 Å². The minimum Gasteiger partial charge on any atom is -0.497 e. The number of imidazole rings is 1. The molecule has 0 bridgehead atoms. The largest absolute Gasteiger partial charge is 0.497 e. The number of ketones is 1. The summed E-state index contributed by atoms with van der Waals surface area (Å²) in [6, 6.07) is 13.3. The zero-order chi connectivity index (χ0) is 29.5. The number of hydrogen-bond donors (Lipinski definition) is 4. The predicted molar refractivity (Wildman–Crippen MR) is 160 cm³/mol. The smallest absolute Gasteiger partial charge is 0.225 e. The van der Waals surface area contributed by atoms with Gasteiger partial charge in [0.2, 0.25) is 11.7 Å². The lowest BCUT2D eigenvalue weighted by molar-refractivity contribution is -0.121. The van der Waals surface area contributed by atoms with Crippen molar-refractivity contribution in [3.05, 3.63) is 65.7 Å². The van der Waals surface area contributed by atoms with Gasteiger partial charge in [0, 0.05) is 40.6 Å². The summed E-state index contributed by atoms with van der Waals surface area (Å²) < 4.78 is 5.41. The first-order valence-corrected chi connectivity index (χ1v) is 14.3. The number of carbonyl (C=O) groups excluding carboxylic acids is 2. The molecule has 0 unspecified atom stereocenters. The molecule has 1 amide bonds. The monoisotopic (exact) mass is 568 g/mol. The summed E-state index contributed by atoms with van der Waals surface area (Å²) in [5, 5.41) is 18.5. The number of tetrazole rings is 1. The molecule has 0 radical (unpaired) electrons. The Labute approximate surface area is 243 Å². The Hall–Kier alpha value is -4.80. The maximum absolute atomic E-state index is 13.4. The molecule has 11 nitrogen and oxygen atoms in total. The Morgan fingerprint density at radius 2 is 1.90 bits per heavy atom. The fourth-order valence-corrected chi connectivity index (χ4v) is 5.19. The van der Waals surface area contributed by atoms with Gasteiger partial charge in [-0.2, -0.15) is 5.21 Å². The number of aromatic nitrogens is 7. The van der Waals surface area contributed by atoms with Crippen LogP contribution in [0.5, 0.6) is 5.75 Å². The Morgan fingerprint density at radius 3 is 2.69 bits per heavy atom. The molecule has 2 aromatic carbocycles. The van der Waals surface area contributed by atoms with Crippen molar-refractivity contribution in [1.82, 2.24) is 40.9 Å². The molecule has 0 saturated carbocycles. The summed E-state index contributed by atoms with van der Waals surface area (Å²) >= 11 is 0. The summed E-state index contributed by atoms with van der Waals surface area (Å²) in [4.78, 5) is 36.6. The zero-order valence-electron chi connectivity index (χ0n) is 24.2. The summed E-state index contributed by atoms with van der Waals surface area (Å²) in [6.45, 7) is 3.87. The summed E-state index contributed by atoms with van der Waals surface area (Å²) in [6.07, 6.45) is 6.47. The van der Waals surface area contributed by atoms with E-state index >= 15 is 0 Å². The fourth-order valence-electron chi connectivity index (χ4n) is 5.19. The van der Waals surface area contributed by atoms with Gasteiger partial charge in [0.15, 0.2) is 0 Å². The standard InChI is InChI=1S/C31H36N8O3/c1-4-22(40)11-6-5-7-12-27(34-29(41)17-24-19(2)33-26-14-13-23(42-3)16-25(24)26)31-32-18-28(35-31)20-9-8-10-21(15-20)30-36-38-39-37-30/h8-10,13-16,18,27,33H,4-7,11-12,17H2,1-3H3,(H,32,35)(H,34,41)(H,36,37,38,39)/t27-/m0/s1. The van der Waals surface area contributed by atoms with Crippen LogP contribution in [0.1, 0.15) is 68.6 Å². The number of fused-ring (bicyclic) bond motifs is 1. The van der Waals surface area contributed by atoms with Crippen LogP contribution in [0.2, 0.25) is 0 Å². The van der Waals surface area contributed by atoms with Crippen molar-refractivity contribution in [2.45, 2.75) is 64.8 Å². The molecule has 0 saturated heterocycles. The lowest BCUT2D eigenvalue weighted by Gasteiger charge is -2.17. The number of nitrogens with zero attached hydrogens (tertiary/aromatic N) is 4. The summed E-state index contributed by atoms with van der Waals surface area (Å²) in [5.41, 5.74) is 5.43. The van der Waals surface area contributed by atoms with Crippen LogP contribution in [0.15, 0.2) is 48.7 Å². The number of benzene rings is 2. The molecule has 42 heavy (non-hydrogen) atoms. The van der Waals surface area contributed by atoms with Crippen LogP contribution in [-0.4, -0.2) is 54.4 Å². The second kappa shape index (κ2) is 13.2. The van der Waals surface area contributed by atoms with Crippen LogP contribution >= 0.6 is 0 Å². The third kappa shape index (κ3) is 6.73. The molecule has 0 fully saturated rings. The number of Topliss-reactive ketones (excluding diaryl/α,β-unsaturated/α-hetero) is 1. The number of H-pyrrole nitrogens is 3. The first kappa shape index (κ1) is 28.7. The molecule has 4 N–H and O–H groups in total. The van der Waals surface area contributed by atoms with E-state index in [4.69, 9.17) is 4.74 Å². The number of unbranched alkanes of at least 4 members (excludes halogenated alkanes) is 2. The molecule has 0 aliphatic carbocycles. The Kier molecular flexibility index (Phi) is 9.05. The van der Waals surface area contributed by atoms with Crippen molar-refractivity contribution in [2.24, 2.45) is 0 Å². The number of aryl methyl sites for hydroxylation is 1. The molecule has 3 heterocycles. The molecule has 0 spiro atoms. The molecule has 218 valence electrons. The first-order valence-electron chi connectivity index (χ1n) is 14.3. The van der Waals surface area contributed by atoms with E-state index in [2.05, 4.69) is 40.9 Å². The molecular weight excluding hydrogens is 532 g/mol. The van der Waals surface area contributed by atoms with Gasteiger partial charge < -0.3 is 20.0 Å². The number of aromatic amines is 3. The minimum absolute atomic E-state index is 0.0926. The van der Waals surface area contributed by atoms with Crippen molar-refractivity contribution < 1.29 is 14.3 Å². The lowest BCUT2D eigenvalue weighted by Crippen LogP contribution is -2.30. The van der Waals surface area contributed by atoms with Crippen LogP contribution in [0, 0.1) is 6.92 Å². The molecule has 3 aromatic heterocycles. The van der Waals surface area contributed by atoms with Crippen molar-refractivity contribution in [1.29, 1.82) is 0 Å². The van der Waals surface area contributed by atoms with Crippen LogP contribution in [0.3, 0.4) is 0 Å². The number of ether oxygens (including phenoxy) is 1. The molecule has 0 aliphatic heterocycles. The van der Waals surface area contributed by atoms with E-state index in [9.17, 15) is 9.59 Å². The highest BCUT2D eigenvalue weighted by molar-refractivity contribution is 5.91. The topological polar surface area (TPSA) is 154 Å². The SMILES string of the molecule is CCC(=O)CCCCC[C@H](NC(=O)Cc1c(C)[nH]c2ccc(OC)cc12)c1ncc(-c2cccc(-c3nn[nH]n3)c2)[nH]1. The quantitative estimate of drug-likeness (QED) is 0.131. The normalized spacial score (nSPS) is 12.0. The summed E-state index contributed by atoms with van der Waals surface area (Å²) in [7, 11) is 1.63. The van der Waals surface area contributed by atoms with Gasteiger partial charge in [-0.15, -0.1) is 10.2 Å². The third-order valence-corrected chi connectivity index (χ3v) is 7.54. The molecule has 1 atom stereocenters. The van der Waals surface area contributed by atoms with Gasteiger partial charge in [-0.05, 0) is 54.8 Å². The highest BCUT2D eigenvalue weighted by Gasteiger charge is 2.21. The van der Waals surface area contributed by atoms with Gasteiger partial charge in [-0.1, -0.05) is 38.0 Å². The molecule has 11 heteroatoms. The van der Waals surface area contributed by atoms with E-state index in [-0.39, 0.29) is 24.2 Å². The maximum Gasteiger partial charge on any atom is 0.225 e. The number of methoxy groups -OCH3 is 1. The van der Waals surface area contributed by atoms with E-state index in [1.165, 1.54) is 0 Å². The van der Waals surface area contributed by atoms with E-state index in [0.717, 1.165) is 64.0 Å². The van der Waals surface area contributed by atoms with E-state index < -0.39 is 0 Å². The second-order valence-corrected chi connectivity index (χ2v) is 10.4. The Bertz CT molecular complexity index is 1650. The molecule has 5 rings (SSSR count). The van der Waals surface area contributed by atoms with E-state index in [1.807, 2.05) is 56.3 Å². The van der Waals surface area contributed by atoms with Gasteiger partial charge in [-0.3, -0.25) is 9.59 Å². The molecule has 5 aromatic rings. The van der Waals surface area contributed by atoms with Crippen LogP contribution in [0.25, 0.3) is 33.5 Å². The highest BCUT2D eigenvalue weighted by atomic mass is 16.5. The maximum atomic E-state index is 13.4. The molecular formula is C31H36N8O3. The highest BCUT2D eigenvalue weighted by Crippen LogP contribution is 2.28. The average Bonchev–Trinajstić information content (AvgIpc) is 3.77. The molecule has 0 aliphatic rings. The van der Waals surface area contributed by atoms with Crippen LogP contribution in [0.4, 0.5) is 0 Å². The van der Waals surface area contributed by atoms with Crippen molar-refractivity contribution in [3.63, 3.8) is 0 Å². The zero-order valence-corrected chi connectivity index (χ0v) is 24.2. The number of nitrogens with one attached hydrogen (secondary N) is 4. The predicted octanol–water partition coefficient (Wildman–Crippen LogP) is 5.38. The lowest BCUT2D eigenvalue weighted by atomic mass is 10.0. The van der Waals surface area contributed by atoms with Gasteiger partial charge in [0.25, 0.3) is 0 Å². The van der Waals surface area contributed by atoms with Gasteiger partial charge in [-0.25, -0.2) is 4.98 Å². The first-order chi connectivity index (χ1) is 20.4. The van der Waals surface area contributed by atoms with Crippen LogP contribution in [-0.2, 0) is 16.0 Å². The third-order valence-electron chi connectivity index (χ3n) is 7.54. The summed E-state index contributed by atoms with van der Waals surface area (Å²) in [5.74, 6) is 2.13. The van der Waals surface area contributed by atoms with Gasteiger partial charge in [0.05, 0.1) is 31.5 Å². The van der Waals surface area contributed by atoms with Gasteiger partial charge in [0.1, 0.15) is 17.4 Å². The number of hydrogen-bond acceptors (Lipinski definition) is 7. The number of amides is 1. The second-order valence-electron chi connectivity index (χ2n) is 10.4. The Balaban J connectivity index is 1.33. The van der Waals surface area contributed by atoms with Gasteiger partial charge >= 0.3 is 0 Å². The minimum atomic E-state index is -0.312. The number of rotatable bonds is 14. The van der Waals surface area contributed by atoms with Crippen LogP contribution < -0.4 is 10.1 Å². The van der Waals surface area contributed by atoms with Crippen molar-refractivity contribution >= 4 is 22.6 Å². The fraction of sp³-hybridized carbons (Fsp3) is 0.355. The number of carbonyl (C=O) groups is 2. The van der Waals surface area contributed by atoms with E-state index in [1.54, 1.807) is 13.3 Å². The van der Waals surface area contributed by atoms with E-state index in [0.29, 0.717) is 30.9 Å². The Morgan fingerprint density at radius 1 is 1.05 bits per heavy atom. The average molecular weight is 569 g/mol.